The second-order valence-electron chi connectivity index (χ2n) is 14.9. The first-order chi connectivity index (χ1) is 21.5. The molecule has 4 aliphatic rings. The van der Waals surface area contributed by atoms with Crippen LogP contribution in [0, 0.1) is 23.2 Å². The lowest BCUT2D eigenvalue weighted by Crippen LogP contribution is -2.48. The lowest BCUT2D eigenvalue weighted by atomic mass is 9.52. The first kappa shape index (κ1) is 33.8. The number of ether oxygens (including phenoxy) is 3. The van der Waals surface area contributed by atoms with Crippen molar-refractivity contribution in [3.8, 4) is 5.75 Å². The second-order valence-corrected chi connectivity index (χ2v) is 14.9. The number of rotatable bonds is 17. The molecule has 44 heavy (non-hydrogen) atoms. The van der Waals surface area contributed by atoms with Gasteiger partial charge in [-0.25, -0.2) is 0 Å². The molecule has 0 aromatic heterocycles. The zero-order valence-corrected chi connectivity index (χ0v) is 28.4. The molecule has 1 aliphatic heterocycles. The van der Waals surface area contributed by atoms with Crippen LogP contribution in [-0.2, 0) is 20.7 Å². The number of nitrogens with one attached hydrogen (secondary N) is 1. The SMILES string of the molecule is CCCCNC(=O)CCCCCCCCCC[C@@H]1Cc2cc(OC)ccc2C2CC[C@@]3(C)C(CC[C@@H]3OC3CCCCO3)C21. The van der Waals surface area contributed by atoms with E-state index in [0.717, 1.165) is 62.3 Å². The summed E-state index contributed by atoms with van der Waals surface area (Å²) in [5.41, 5.74) is 3.45. The molecule has 2 saturated carbocycles. The van der Waals surface area contributed by atoms with E-state index in [2.05, 4.69) is 37.4 Å². The average molecular weight is 610 g/mol. The molecule has 7 atom stereocenters. The van der Waals surface area contributed by atoms with Crippen LogP contribution in [0.15, 0.2) is 18.2 Å². The van der Waals surface area contributed by atoms with Crippen LogP contribution in [0.1, 0.15) is 153 Å². The Morgan fingerprint density at radius 3 is 2.52 bits per heavy atom. The molecule has 5 nitrogen and oxygen atoms in total. The zero-order valence-electron chi connectivity index (χ0n) is 28.4. The quantitative estimate of drug-likeness (QED) is 0.179. The van der Waals surface area contributed by atoms with Crippen LogP contribution in [0.3, 0.4) is 0 Å². The minimum Gasteiger partial charge on any atom is -0.497 e. The highest BCUT2D eigenvalue weighted by atomic mass is 16.7. The summed E-state index contributed by atoms with van der Waals surface area (Å²) in [6, 6.07) is 6.96. The van der Waals surface area contributed by atoms with Gasteiger partial charge in [-0.15, -0.1) is 0 Å². The van der Waals surface area contributed by atoms with Gasteiger partial charge in [0.25, 0.3) is 0 Å². The van der Waals surface area contributed by atoms with Crippen LogP contribution in [0.25, 0.3) is 0 Å². The lowest BCUT2D eigenvalue weighted by molar-refractivity contribution is -0.213. The summed E-state index contributed by atoms with van der Waals surface area (Å²) in [5, 5.41) is 3.04. The molecule has 1 saturated heterocycles. The third kappa shape index (κ3) is 8.41. The summed E-state index contributed by atoms with van der Waals surface area (Å²) in [5.74, 6) is 4.23. The molecule has 0 spiro atoms. The van der Waals surface area contributed by atoms with E-state index < -0.39 is 0 Å². The van der Waals surface area contributed by atoms with Crippen molar-refractivity contribution in [2.75, 3.05) is 20.3 Å². The summed E-state index contributed by atoms with van der Waals surface area (Å²) < 4.78 is 18.5. The average Bonchev–Trinajstić information content (AvgIpc) is 3.37. The van der Waals surface area contributed by atoms with E-state index >= 15 is 0 Å². The minimum absolute atomic E-state index is 0.0208. The molecule has 1 aromatic rings. The standard InChI is InChI=1S/C39H63NO4/c1-4-5-25-40-36(41)17-13-11-9-7-6-8-10-12-16-29-27-30-28-31(42-3)19-20-32(30)33-23-24-39(2)34(38(29)33)21-22-35(39)44-37-18-14-15-26-43-37/h19-20,28-29,33-35,37-38H,4-18,21-27H2,1-3H3,(H,40,41)/t29-,33?,34?,35+,37?,38?,39+/m1/s1. The minimum atomic E-state index is 0.0208. The first-order valence-electron chi connectivity index (χ1n) is 18.7. The predicted molar refractivity (Wildman–Crippen MR) is 179 cm³/mol. The lowest BCUT2D eigenvalue weighted by Gasteiger charge is -2.54. The molecule has 0 bridgehead atoms. The van der Waals surface area contributed by atoms with Crippen molar-refractivity contribution in [3.63, 3.8) is 0 Å². The van der Waals surface area contributed by atoms with Crippen LogP contribution >= 0.6 is 0 Å². The van der Waals surface area contributed by atoms with Gasteiger partial charge in [0.15, 0.2) is 6.29 Å². The van der Waals surface area contributed by atoms with Crippen LogP contribution in [0.2, 0.25) is 0 Å². The number of carbonyl (C=O) groups is 1. The van der Waals surface area contributed by atoms with Gasteiger partial charge in [-0.05, 0) is 123 Å². The molecular weight excluding hydrogens is 546 g/mol. The number of hydrogen-bond acceptors (Lipinski definition) is 4. The molecular formula is C39H63NO4. The van der Waals surface area contributed by atoms with Crippen molar-refractivity contribution in [2.24, 2.45) is 23.2 Å². The number of carbonyl (C=O) groups excluding carboxylic acids is 1. The molecule has 3 aliphatic carbocycles. The van der Waals surface area contributed by atoms with Crippen molar-refractivity contribution in [3.05, 3.63) is 29.3 Å². The van der Waals surface area contributed by atoms with Crippen LogP contribution < -0.4 is 10.1 Å². The number of benzene rings is 1. The Balaban J connectivity index is 1.11. The van der Waals surface area contributed by atoms with E-state index in [-0.39, 0.29) is 17.6 Å². The van der Waals surface area contributed by atoms with Crippen LogP contribution in [0.4, 0.5) is 0 Å². The fourth-order valence-electron chi connectivity index (χ4n) is 9.60. The highest BCUT2D eigenvalue weighted by Gasteiger charge is 2.57. The first-order valence-corrected chi connectivity index (χ1v) is 18.7. The van der Waals surface area contributed by atoms with Crippen molar-refractivity contribution in [2.45, 2.75) is 161 Å². The van der Waals surface area contributed by atoms with E-state index in [1.165, 1.54) is 96.3 Å². The largest absolute Gasteiger partial charge is 0.497 e. The Morgan fingerprint density at radius 2 is 1.77 bits per heavy atom. The van der Waals surface area contributed by atoms with Crippen molar-refractivity contribution < 1.29 is 19.0 Å². The van der Waals surface area contributed by atoms with Crippen molar-refractivity contribution in [1.29, 1.82) is 0 Å². The zero-order chi connectivity index (χ0) is 30.8. The second kappa shape index (κ2) is 16.8. The summed E-state index contributed by atoms with van der Waals surface area (Å²) in [6.07, 6.45) is 24.6. The smallest absolute Gasteiger partial charge is 0.219 e. The third-order valence-electron chi connectivity index (χ3n) is 12.1. The number of unbranched alkanes of at least 4 members (excludes halogenated alkanes) is 8. The number of amides is 1. The normalized spacial score (nSPS) is 31.2. The molecule has 5 heteroatoms. The van der Waals surface area contributed by atoms with E-state index in [1.54, 1.807) is 18.2 Å². The Bertz CT molecular complexity index is 1020. The maximum absolute atomic E-state index is 11.9. The summed E-state index contributed by atoms with van der Waals surface area (Å²) in [6.45, 7) is 6.44. The molecule has 1 heterocycles. The molecule has 5 rings (SSSR count). The molecule has 248 valence electrons. The van der Waals surface area contributed by atoms with Gasteiger partial charge in [0.05, 0.1) is 13.2 Å². The van der Waals surface area contributed by atoms with Crippen molar-refractivity contribution in [1.82, 2.24) is 5.32 Å². The van der Waals surface area contributed by atoms with E-state index in [1.807, 2.05) is 0 Å². The van der Waals surface area contributed by atoms with Crippen LogP contribution in [-0.4, -0.2) is 38.6 Å². The number of methoxy groups -OCH3 is 1. The van der Waals surface area contributed by atoms with Gasteiger partial charge >= 0.3 is 0 Å². The monoisotopic (exact) mass is 609 g/mol. The molecule has 0 radical (unpaired) electrons. The highest BCUT2D eigenvalue weighted by Crippen LogP contribution is 2.63. The van der Waals surface area contributed by atoms with E-state index in [9.17, 15) is 4.79 Å². The highest BCUT2D eigenvalue weighted by molar-refractivity contribution is 5.75. The van der Waals surface area contributed by atoms with Gasteiger partial charge in [0, 0.05) is 19.6 Å². The summed E-state index contributed by atoms with van der Waals surface area (Å²) >= 11 is 0. The predicted octanol–water partition coefficient (Wildman–Crippen LogP) is 9.51. The maximum Gasteiger partial charge on any atom is 0.219 e. The number of hydrogen-bond donors (Lipinski definition) is 1. The van der Waals surface area contributed by atoms with Gasteiger partial charge in [0.1, 0.15) is 5.75 Å². The molecule has 1 amide bonds. The Labute approximate surface area is 269 Å². The number of fused-ring (bicyclic) bond motifs is 5. The Kier molecular flexibility index (Phi) is 12.9. The molecule has 1 N–H and O–H groups in total. The van der Waals surface area contributed by atoms with E-state index in [0.29, 0.717) is 18.4 Å². The van der Waals surface area contributed by atoms with Gasteiger partial charge in [-0.2, -0.15) is 0 Å². The molecule has 3 fully saturated rings. The summed E-state index contributed by atoms with van der Waals surface area (Å²) in [7, 11) is 1.80. The summed E-state index contributed by atoms with van der Waals surface area (Å²) in [4.78, 5) is 11.9. The molecule has 4 unspecified atom stereocenters. The maximum atomic E-state index is 11.9. The van der Waals surface area contributed by atoms with Gasteiger partial charge in [-0.1, -0.05) is 71.3 Å². The van der Waals surface area contributed by atoms with Gasteiger partial charge in [0.2, 0.25) is 5.91 Å². The Hall–Kier alpha value is -1.59. The van der Waals surface area contributed by atoms with Gasteiger partial charge < -0.3 is 19.5 Å². The Morgan fingerprint density at radius 1 is 0.977 bits per heavy atom. The third-order valence-corrected chi connectivity index (χ3v) is 12.1. The van der Waals surface area contributed by atoms with Crippen molar-refractivity contribution >= 4 is 5.91 Å². The van der Waals surface area contributed by atoms with Gasteiger partial charge in [-0.3, -0.25) is 4.79 Å². The topological polar surface area (TPSA) is 56.8 Å². The molecule has 1 aromatic carbocycles. The fourth-order valence-corrected chi connectivity index (χ4v) is 9.60. The fraction of sp³-hybridized carbons (Fsp3) is 0.821. The van der Waals surface area contributed by atoms with Crippen LogP contribution in [0.5, 0.6) is 5.75 Å². The van der Waals surface area contributed by atoms with E-state index in [4.69, 9.17) is 14.2 Å².